The van der Waals surface area contributed by atoms with Gasteiger partial charge >= 0.3 is 5.97 Å². The fourth-order valence-corrected chi connectivity index (χ4v) is 3.28. The van der Waals surface area contributed by atoms with Crippen LogP contribution in [0.4, 0.5) is 11.4 Å². The summed E-state index contributed by atoms with van der Waals surface area (Å²) in [6.45, 7) is 0. The summed E-state index contributed by atoms with van der Waals surface area (Å²) >= 11 is 5.83. The number of hydrogen-bond acceptors (Lipinski definition) is 6. The first-order chi connectivity index (χ1) is 12.7. The second-order valence-electron chi connectivity index (χ2n) is 5.47. The van der Waals surface area contributed by atoms with Crippen molar-refractivity contribution in [3.05, 3.63) is 59.1 Å². The standard InChI is InChI=1S/C17H11ClN2O6S/c18-10-6-11(8-12(7-10)27(24,25)26)19-20-15-13-4-2-1-3-9(13)5-14(16(15)21)17(22)23/h1-8,21H,(H,22,23)(H,24,25,26). The summed E-state index contributed by atoms with van der Waals surface area (Å²) in [5.41, 5.74) is -0.467. The molecule has 0 heterocycles. The highest BCUT2D eigenvalue weighted by molar-refractivity contribution is 7.85. The Bertz CT molecular complexity index is 1210. The number of fused-ring (bicyclic) bond motifs is 1. The summed E-state index contributed by atoms with van der Waals surface area (Å²) in [5, 5.41) is 28.2. The molecule has 27 heavy (non-hydrogen) atoms. The highest BCUT2D eigenvalue weighted by Gasteiger charge is 2.17. The molecule has 3 aromatic carbocycles. The van der Waals surface area contributed by atoms with E-state index in [2.05, 4.69) is 10.2 Å². The van der Waals surface area contributed by atoms with E-state index in [9.17, 15) is 23.4 Å². The van der Waals surface area contributed by atoms with Crippen molar-refractivity contribution in [2.45, 2.75) is 4.90 Å². The minimum absolute atomic E-state index is 0.00700. The first-order valence-corrected chi connectivity index (χ1v) is 9.16. The monoisotopic (exact) mass is 406 g/mol. The van der Waals surface area contributed by atoms with Gasteiger partial charge in [0.05, 0.1) is 10.6 Å². The van der Waals surface area contributed by atoms with Gasteiger partial charge in [0.15, 0.2) is 5.75 Å². The summed E-state index contributed by atoms with van der Waals surface area (Å²) < 4.78 is 31.7. The Morgan fingerprint density at radius 1 is 1.04 bits per heavy atom. The number of carbonyl (C=O) groups is 1. The zero-order chi connectivity index (χ0) is 19.8. The molecule has 10 heteroatoms. The van der Waals surface area contributed by atoms with Crippen molar-refractivity contribution in [2.24, 2.45) is 10.2 Å². The topological polar surface area (TPSA) is 137 Å². The largest absolute Gasteiger partial charge is 0.505 e. The fourth-order valence-electron chi connectivity index (χ4n) is 2.44. The maximum Gasteiger partial charge on any atom is 0.339 e. The van der Waals surface area contributed by atoms with Gasteiger partial charge in [-0.3, -0.25) is 4.55 Å². The van der Waals surface area contributed by atoms with Crippen molar-refractivity contribution in [3.8, 4) is 5.75 Å². The van der Waals surface area contributed by atoms with Crippen LogP contribution < -0.4 is 0 Å². The quantitative estimate of drug-likeness (QED) is 0.429. The lowest BCUT2D eigenvalue weighted by atomic mass is 10.0. The molecule has 8 nitrogen and oxygen atoms in total. The maximum atomic E-state index is 11.3. The molecule has 0 saturated carbocycles. The second kappa shape index (κ2) is 6.95. The molecule has 0 radical (unpaired) electrons. The molecule has 0 aliphatic heterocycles. The number of aromatic hydroxyl groups is 1. The van der Waals surface area contributed by atoms with Crippen LogP contribution in [0.15, 0.2) is 63.7 Å². The Labute approximate surface area is 158 Å². The first kappa shape index (κ1) is 18.8. The van der Waals surface area contributed by atoms with Gasteiger partial charge in [-0.15, -0.1) is 5.11 Å². The first-order valence-electron chi connectivity index (χ1n) is 7.34. The van der Waals surface area contributed by atoms with Crippen molar-refractivity contribution < 1.29 is 28.0 Å². The molecule has 3 N–H and O–H groups in total. The van der Waals surface area contributed by atoms with Crippen LogP contribution in [0.3, 0.4) is 0 Å². The minimum atomic E-state index is -4.50. The Hall–Kier alpha value is -3.01. The van der Waals surface area contributed by atoms with Crippen LogP contribution in [0.5, 0.6) is 5.75 Å². The summed E-state index contributed by atoms with van der Waals surface area (Å²) in [4.78, 5) is 10.9. The predicted octanol–water partition coefficient (Wildman–Crippen LogP) is 4.56. The van der Waals surface area contributed by atoms with Crippen molar-refractivity contribution in [1.29, 1.82) is 0 Å². The Morgan fingerprint density at radius 2 is 1.74 bits per heavy atom. The number of nitrogens with zero attached hydrogens (tertiary/aromatic N) is 2. The Morgan fingerprint density at radius 3 is 2.41 bits per heavy atom. The molecule has 0 amide bonds. The SMILES string of the molecule is O=C(O)c1cc2ccccc2c(N=Nc2cc(Cl)cc(S(=O)(=O)O)c2)c1O. The van der Waals surface area contributed by atoms with Crippen molar-refractivity contribution >= 4 is 49.8 Å². The van der Waals surface area contributed by atoms with Crippen LogP contribution >= 0.6 is 11.6 Å². The van der Waals surface area contributed by atoms with E-state index >= 15 is 0 Å². The summed E-state index contributed by atoms with van der Waals surface area (Å²) in [7, 11) is -4.50. The number of carboxylic acids is 1. The fraction of sp³-hybridized carbons (Fsp3) is 0. The molecular formula is C17H11ClN2O6S. The van der Waals surface area contributed by atoms with Crippen LogP contribution in [-0.2, 0) is 10.1 Å². The van der Waals surface area contributed by atoms with Gasteiger partial charge in [-0.1, -0.05) is 35.9 Å². The molecule has 0 fully saturated rings. The average Bonchev–Trinajstić information content (AvgIpc) is 2.59. The van der Waals surface area contributed by atoms with Crippen LogP contribution in [-0.4, -0.2) is 29.2 Å². The van der Waals surface area contributed by atoms with E-state index in [-0.39, 0.29) is 22.0 Å². The van der Waals surface area contributed by atoms with Gasteiger partial charge in [0, 0.05) is 10.4 Å². The molecule has 0 unspecified atom stereocenters. The van der Waals surface area contributed by atoms with E-state index in [0.29, 0.717) is 10.8 Å². The van der Waals surface area contributed by atoms with Crippen molar-refractivity contribution in [1.82, 2.24) is 0 Å². The van der Waals surface area contributed by atoms with E-state index in [0.717, 1.165) is 12.1 Å². The lowest BCUT2D eigenvalue weighted by molar-refractivity contribution is 0.0694. The van der Waals surface area contributed by atoms with E-state index < -0.39 is 26.7 Å². The molecule has 0 aliphatic carbocycles. The zero-order valence-corrected chi connectivity index (χ0v) is 14.9. The number of rotatable bonds is 4. The highest BCUT2D eigenvalue weighted by Crippen LogP contribution is 2.39. The molecule has 0 aromatic heterocycles. The molecule has 0 bridgehead atoms. The number of azo groups is 1. The summed E-state index contributed by atoms with van der Waals surface area (Å²) in [5.74, 6) is -1.92. The smallest absolute Gasteiger partial charge is 0.339 e. The van der Waals surface area contributed by atoms with Gasteiger partial charge in [0.2, 0.25) is 0 Å². The van der Waals surface area contributed by atoms with Gasteiger partial charge in [0.1, 0.15) is 11.3 Å². The van der Waals surface area contributed by atoms with Crippen molar-refractivity contribution in [3.63, 3.8) is 0 Å². The molecule has 0 aliphatic rings. The molecule has 0 atom stereocenters. The number of benzene rings is 3. The van der Waals surface area contributed by atoms with Crippen LogP contribution in [0, 0.1) is 0 Å². The summed E-state index contributed by atoms with van der Waals surface area (Å²) in [6, 6.07) is 11.3. The third kappa shape index (κ3) is 3.90. The molecular weight excluding hydrogens is 396 g/mol. The van der Waals surface area contributed by atoms with Crippen LogP contribution in [0.2, 0.25) is 5.02 Å². The third-order valence-electron chi connectivity index (χ3n) is 3.64. The zero-order valence-electron chi connectivity index (χ0n) is 13.4. The lowest BCUT2D eigenvalue weighted by Gasteiger charge is -2.07. The number of halogens is 1. The maximum absolute atomic E-state index is 11.3. The van der Waals surface area contributed by atoms with E-state index in [1.165, 1.54) is 12.1 Å². The number of aromatic carboxylic acids is 1. The highest BCUT2D eigenvalue weighted by atomic mass is 35.5. The normalized spacial score (nSPS) is 11.9. The average molecular weight is 407 g/mol. The van der Waals surface area contributed by atoms with E-state index in [1.807, 2.05) is 0 Å². The minimum Gasteiger partial charge on any atom is -0.505 e. The third-order valence-corrected chi connectivity index (χ3v) is 4.69. The van der Waals surface area contributed by atoms with E-state index in [1.54, 1.807) is 24.3 Å². The second-order valence-corrected chi connectivity index (χ2v) is 7.33. The van der Waals surface area contributed by atoms with Crippen LogP contribution in [0.1, 0.15) is 10.4 Å². The Kier molecular flexibility index (Phi) is 4.83. The molecule has 3 aromatic rings. The van der Waals surface area contributed by atoms with Gasteiger partial charge < -0.3 is 10.2 Å². The van der Waals surface area contributed by atoms with Gasteiger partial charge in [-0.25, -0.2) is 4.79 Å². The molecule has 0 saturated heterocycles. The molecule has 3 rings (SSSR count). The van der Waals surface area contributed by atoms with E-state index in [4.69, 9.17) is 16.2 Å². The molecule has 0 spiro atoms. The van der Waals surface area contributed by atoms with Crippen LogP contribution in [0.25, 0.3) is 10.8 Å². The predicted molar refractivity (Wildman–Crippen MR) is 98.0 cm³/mol. The number of carboxylic acid groups (broad SMARTS) is 1. The summed E-state index contributed by atoms with van der Waals surface area (Å²) in [6.07, 6.45) is 0. The van der Waals surface area contributed by atoms with Gasteiger partial charge in [-0.05, 0) is 29.7 Å². The van der Waals surface area contributed by atoms with Crippen molar-refractivity contribution in [2.75, 3.05) is 0 Å². The number of phenols is 1. The number of hydrogen-bond donors (Lipinski definition) is 3. The lowest BCUT2D eigenvalue weighted by Crippen LogP contribution is -1.97. The van der Waals surface area contributed by atoms with Gasteiger partial charge in [0.25, 0.3) is 10.1 Å². The van der Waals surface area contributed by atoms with Gasteiger partial charge in [-0.2, -0.15) is 13.5 Å². The molecule has 138 valence electrons. The Balaban J connectivity index is 2.19.